The molecule has 1 aromatic rings. The summed E-state index contributed by atoms with van der Waals surface area (Å²) in [6.07, 6.45) is 1.60. The Balaban J connectivity index is 0. The Hall–Kier alpha value is -2.26. The normalized spacial score (nSPS) is 12.8. The van der Waals surface area contributed by atoms with E-state index >= 15 is 0 Å². The number of nitrogens with one attached hydrogen (secondary N) is 2. The maximum atomic E-state index is 12.5. The fourth-order valence-corrected chi connectivity index (χ4v) is 2.54. The monoisotopic (exact) mass is 441 g/mol. The zero-order chi connectivity index (χ0) is 20.9. The predicted octanol–water partition coefficient (Wildman–Crippen LogP) is 1.65. The summed E-state index contributed by atoms with van der Waals surface area (Å²) in [5.74, 6) is -0.256. The number of amides is 1. The quantitative estimate of drug-likeness (QED) is 0.179. The molecule has 0 heterocycles. The molecule has 1 amide bonds. The lowest BCUT2D eigenvalue weighted by molar-refractivity contribution is -0.149. The average Bonchev–Trinajstić information content (AvgIpc) is 2.68. The third kappa shape index (κ3) is 12.3. The molecule has 0 bridgehead atoms. The number of carbonyl (C=O) groups is 2. The molecule has 0 fully saturated rings. The lowest BCUT2D eigenvalue weighted by Gasteiger charge is -2.21. The van der Waals surface area contributed by atoms with Gasteiger partial charge in [0.2, 0.25) is 5.91 Å². The number of nitrogens with zero attached hydrogens (tertiary/aromatic N) is 1. The number of guanidine groups is 1. The van der Waals surface area contributed by atoms with Gasteiger partial charge >= 0.3 is 5.97 Å². The number of aliphatic imine (C=N–C) groups is 1. The van der Waals surface area contributed by atoms with E-state index in [9.17, 15) is 9.59 Å². The van der Waals surface area contributed by atoms with Gasteiger partial charge in [-0.25, -0.2) is 4.79 Å². The van der Waals surface area contributed by atoms with Gasteiger partial charge in [-0.2, -0.15) is 13.5 Å². The smallest absolute Gasteiger partial charge is 0.328 e. The van der Waals surface area contributed by atoms with Crippen molar-refractivity contribution in [3.05, 3.63) is 35.9 Å². The second-order valence-electron chi connectivity index (χ2n) is 7.07. The van der Waals surface area contributed by atoms with E-state index in [-0.39, 0.29) is 39.4 Å². The van der Waals surface area contributed by atoms with Crippen LogP contribution in [0.15, 0.2) is 35.3 Å². The Morgan fingerprint density at radius 3 is 2.40 bits per heavy atom. The van der Waals surface area contributed by atoms with E-state index in [1.165, 1.54) is 0 Å². The fraction of sp³-hybridized carbons (Fsp3) is 0.571. The lowest BCUT2D eigenvalue weighted by atomic mass is 10.0. The van der Waals surface area contributed by atoms with Crippen LogP contribution >= 0.6 is 13.5 Å². The maximum Gasteiger partial charge on any atom is 0.328 e. The van der Waals surface area contributed by atoms with E-state index in [4.69, 9.17) is 16.2 Å². The van der Waals surface area contributed by atoms with Crippen LogP contribution in [-0.4, -0.2) is 43.5 Å². The number of rotatable bonds is 11. The summed E-state index contributed by atoms with van der Waals surface area (Å²) >= 11 is 0. The van der Waals surface area contributed by atoms with Crippen molar-refractivity contribution in [1.82, 2.24) is 10.6 Å². The number of hydrogen-bond donors (Lipinski definition) is 4. The van der Waals surface area contributed by atoms with Crippen molar-refractivity contribution in [2.75, 3.05) is 13.6 Å². The van der Waals surface area contributed by atoms with Crippen LogP contribution in [0, 0.1) is 5.92 Å². The topological polar surface area (TPSA) is 132 Å². The molecule has 30 heavy (non-hydrogen) atoms. The van der Waals surface area contributed by atoms with Crippen LogP contribution in [0.2, 0.25) is 0 Å². The number of hydrogen-bond acceptors (Lipinski definition) is 5. The summed E-state index contributed by atoms with van der Waals surface area (Å²) in [4.78, 5) is 28.6. The van der Waals surface area contributed by atoms with Gasteiger partial charge in [-0.1, -0.05) is 51.6 Å². The summed E-state index contributed by atoms with van der Waals surface area (Å²) < 4.78 is 5.38. The van der Waals surface area contributed by atoms with Crippen LogP contribution in [0.3, 0.4) is 0 Å². The molecule has 9 heteroatoms. The van der Waals surface area contributed by atoms with Gasteiger partial charge in [0.15, 0.2) is 5.96 Å². The molecule has 1 rings (SSSR count). The summed E-state index contributed by atoms with van der Waals surface area (Å²) in [5.41, 5.74) is 12.4. The zero-order valence-corrected chi connectivity index (χ0v) is 18.5. The lowest BCUT2D eigenvalue weighted by Crippen LogP contribution is -2.49. The Morgan fingerprint density at radius 1 is 1.20 bits per heavy atom. The highest BCUT2D eigenvalue weighted by Crippen LogP contribution is 2.09. The molecule has 172 valence electrons. The van der Waals surface area contributed by atoms with Crippen molar-refractivity contribution in [2.45, 2.75) is 59.2 Å². The predicted molar refractivity (Wildman–Crippen MR) is 127 cm³/mol. The largest absolute Gasteiger partial charge is 0.459 e. The molecule has 0 aliphatic carbocycles. The first-order chi connectivity index (χ1) is 13.3. The van der Waals surface area contributed by atoms with Gasteiger partial charge in [0, 0.05) is 13.6 Å². The molecule has 6 N–H and O–H groups in total. The molecule has 0 saturated carbocycles. The number of nitrogens with two attached hydrogens (primary N) is 2. The third-order valence-electron chi connectivity index (χ3n) is 4.11. The summed E-state index contributed by atoms with van der Waals surface area (Å²) in [6, 6.07) is 7.98. The molecule has 0 radical (unpaired) electrons. The molecular formula is C21H39N5O3S. The van der Waals surface area contributed by atoms with Gasteiger partial charge in [-0.15, -0.1) is 0 Å². The standard InChI is InChI=1S/C20H33N5O3.CH4.H2S/c1-14(2)12-17(19(27)28-13-15-8-5-4-6-9-15)25-18(26)16(21)10-7-11-24-20(22)23-3;;/h4-6,8-9,14,16-17H,7,10-13,21H2,1-3H3,(H,25,26)(H3,22,23,24);1H4;1H2/t16-,17+;;/m1../s1. The van der Waals surface area contributed by atoms with E-state index in [0.717, 1.165) is 5.56 Å². The first-order valence-corrected chi connectivity index (χ1v) is 9.56. The van der Waals surface area contributed by atoms with E-state index in [2.05, 4.69) is 15.6 Å². The van der Waals surface area contributed by atoms with Crippen LogP contribution in [0.25, 0.3) is 0 Å². The average molecular weight is 442 g/mol. The maximum absolute atomic E-state index is 12.5. The SMILES string of the molecule is C.CN=C(N)NCCC[C@@H](N)C(=O)N[C@@H](CC(C)C)C(=O)OCc1ccccc1.S. The molecule has 0 spiro atoms. The van der Waals surface area contributed by atoms with Crippen molar-refractivity contribution in [1.29, 1.82) is 0 Å². The highest BCUT2D eigenvalue weighted by molar-refractivity contribution is 7.59. The van der Waals surface area contributed by atoms with Crippen LogP contribution in [-0.2, 0) is 20.9 Å². The van der Waals surface area contributed by atoms with Gasteiger partial charge < -0.3 is 26.8 Å². The Morgan fingerprint density at radius 2 is 1.83 bits per heavy atom. The van der Waals surface area contributed by atoms with Gasteiger partial charge in [-0.3, -0.25) is 9.79 Å². The second-order valence-corrected chi connectivity index (χ2v) is 7.07. The number of carbonyl (C=O) groups excluding carboxylic acids is 2. The molecule has 1 aromatic carbocycles. The minimum Gasteiger partial charge on any atom is -0.459 e. The highest BCUT2D eigenvalue weighted by atomic mass is 32.1. The van der Waals surface area contributed by atoms with E-state index in [1.807, 2.05) is 44.2 Å². The Kier molecular flexibility index (Phi) is 16.5. The van der Waals surface area contributed by atoms with Gasteiger partial charge in [0.1, 0.15) is 12.6 Å². The summed E-state index contributed by atoms with van der Waals surface area (Å²) in [6.45, 7) is 4.70. The molecular weight excluding hydrogens is 402 g/mol. The molecule has 0 saturated heterocycles. The van der Waals surface area contributed by atoms with Crippen molar-refractivity contribution in [2.24, 2.45) is 22.4 Å². The second kappa shape index (κ2) is 16.5. The van der Waals surface area contributed by atoms with E-state index in [1.54, 1.807) is 7.05 Å². The first kappa shape index (κ1) is 29.9. The van der Waals surface area contributed by atoms with Crippen LogP contribution in [0.4, 0.5) is 0 Å². The summed E-state index contributed by atoms with van der Waals surface area (Å²) in [7, 11) is 1.59. The van der Waals surface area contributed by atoms with Gasteiger partial charge in [-0.05, 0) is 30.7 Å². The van der Waals surface area contributed by atoms with E-state index in [0.29, 0.717) is 31.8 Å². The fourth-order valence-electron chi connectivity index (χ4n) is 2.54. The van der Waals surface area contributed by atoms with Crippen LogP contribution in [0.1, 0.15) is 46.1 Å². The molecule has 0 aliphatic heterocycles. The molecule has 0 aromatic heterocycles. The molecule has 2 atom stereocenters. The van der Waals surface area contributed by atoms with Crippen LogP contribution < -0.4 is 22.1 Å². The Labute approximate surface area is 187 Å². The first-order valence-electron chi connectivity index (χ1n) is 9.56. The van der Waals surface area contributed by atoms with Crippen molar-refractivity contribution >= 4 is 31.3 Å². The Bertz CT molecular complexity index is 641. The third-order valence-corrected chi connectivity index (χ3v) is 4.11. The molecule has 0 aliphatic rings. The van der Waals surface area contributed by atoms with Crippen molar-refractivity contribution in [3.8, 4) is 0 Å². The molecule has 8 nitrogen and oxygen atoms in total. The molecule has 0 unspecified atom stereocenters. The number of ether oxygens (including phenoxy) is 1. The number of esters is 1. The zero-order valence-electron chi connectivity index (χ0n) is 17.5. The van der Waals surface area contributed by atoms with Crippen molar-refractivity contribution < 1.29 is 14.3 Å². The van der Waals surface area contributed by atoms with Crippen LogP contribution in [0.5, 0.6) is 0 Å². The highest BCUT2D eigenvalue weighted by Gasteiger charge is 2.25. The number of benzene rings is 1. The van der Waals surface area contributed by atoms with Gasteiger partial charge in [0.25, 0.3) is 0 Å². The minimum absolute atomic E-state index is 0. The summed E-state index contributed by atoms with van der Waals surface area (Å²) in [5, 5.41) is 5.65. The van der Waals surface area contributed by atoms with E-state index < -0.39 is 18.1 Å². The van der Waals surface area contributed by atoms with Crippen molar-refractivity contribution in [3.63, 3.8) is 0 Å². The van der Waals surface area contributed by atoms with Gasteiger partial charge in [0.05, 0.1) is 6.04 Å². The minimum atomic E-state index is -0.719.